The number of para-hydroxylation sites is 3. The molecular weight excluding hydrogens is 256 g/mol. The van der Waals surface area contributed by atoms with Gasteiger partial charge in [-0.1, -0.05) is 49.6 Å². The molecule has 2 aromatic carbocycles. The molecular formula is C19H24N2. The lowest BCUT2D eigenvalue weighted by molar-refractivity contribution is 0.463. The van der Waals surface area contributed by atoms with E-state index in [1.165, 1.54) is 49.2 Å². The van der Waals surface area contributed by atoms with Crippen LogP contribution in [0.15, 0.2) is 54.6 Å². The smallest absolute Gasteiger partial charge is 0.0643 e. The Bertz CT molecular complexity index is 559. The Hall–Kier alpha value is -1.96. The Balaban J connectivity index is 1.81. The molecule has 0 radical (unpaired) electrons. The number of hydrogen-bond acceptors (Lipinski definition) is 2. The minimum atomic E-state index is 0.629. The van der Waals surface area contributed by atoms with Gasteiger partial charge in [-0.15, -0.1) is 0 Å². The summed E-state index contributed by atoms with van der Waals surface area (Å²) >= 11 is 0. The van der Waals surface area contributed by atoms with Crippen LogP contribution in [0.5, 0.6) is 0 Å². The van der Waals surface area contributed by atoms with Gasteiger partial charge in [-0.3, -0.25) is 0 Å². The average Bonchev–Trinajstić information content (AvgIpc) is 2.56. The summed E-state index contributed by atoms with van der Waals surface area (Å²) in [6.07, 6.45) is 6.69. The van der Waals surface area contributed by atoms with Crippen LogP contribution in [0.1, 0.15) is 32.1 Å². The Morgan fingerprint density at radius 1 is 0.857 bits per heavy atom. The van der Waals surface area contributed by atoms with Crippen molar-refractivity contribution in [3.8, 4) is 0 Å². The molecule has 0 spiro atoms. The maximum atomic E-state index is 3.76. The third kappa shape index (κ3) is 3.38. The van der Waals surface area contributed by atoms with Gasteiger partial charge in [-0.2, -0.15) is 0 Å². The molecule has 0 aliphatic heterocycles. The molecule has 1 aliphatic carbocycles. The third-order valence-electron chi connectivity index (χ3n) is 4.37. The second-order valence-electron chi connectivity index (χ2n) is 5.89. The predicted molar refractivity (Wildman–Crippen MR) is 91.4 cm³/mol. The van der Waals surface area contributed by atoms with Crippen molar-refractivity contribution in [1.29, 1.82) is 0 Å². The van der Waals surface area contributed by atoms with Crippen molar-refractivity contribution in [2.75, 3.05) is 17.3 Å². The Labute approximate surface area is 127 Å². The molecule has 1 aliphatic rings. The van der Waals surface area contributed by atoms with Crippen LogP contribution in [0.4, 0.5) is 17.1 Å². The highest BCUT2D eigenvalue weighted by molar-refractivity contribution is 5.76. The van der Waals surface area contributed by atoms with E-state index in [1.807, 2.05) is 0 Å². The van der Waals surface area contributed by atoms with Crippen LogP contribution in [-0.4, -0.2) is 13.1 Å². The van der Waals surface area contributed by atoms with Crippen LogP contribution >= 0.6 is 0 Å². The largest absolute Gasteiger partial charge is 0.381 e. The number of nitrogens with zero attached hydrogens (tertiary/aromatic N) is 1. The first-order chi connectivity index (χ1) is 10.3. The van der Waals surface area contributed by atoms with Crippen molar-refractivity contribution >= 4 is 17.1 Å². The molecule has 1 N–H and O–H groups in total. The van der Waals surface area contributed by atoms with E-state index >= 15 is 0 Å². The highest BCUT2D eigenvalue weighted by Crippen LogP contribution is 2.32. The number of benzene rings is 2. The fraction of sp³-hybridized carbons (Fsp3) is 0.368. The molecule has 1 fully saturated rings. The summed E-state index contributed by atoms with van der Waals surface area (Å²) in [6, 6.07) is 19.8. The maximum absolute atomic E-state index is 3.76. The topological polar surface area (TPSA) is 15.3 Å². The fourth-order valence-electron chi connectivity index (χ4n) is 3.15. The molecule has 1 saturated carbocycles. The van der Waals surface area contributed by atoms with Crippen LogP contribution < -0.4 is 10.2 Å². The normalized spacial score (nSPS) is 15.7. The molecule has 0 aromatic heterocycles. The van der Waals surface area contributed by atoms with Gasteiger partial charge in [0.15, 0.2) is 0 Å². The van der Waals surface area contributed by atoms with Crippen molar-refractivity contribution < 1.29 is 0 Å². The average molecular weight is 280 g/mol. The van der Waals surface area contributed by atoms with Crippen LogP contribution in [0, 0.1) is 0 Å². The minimum absolute atomic E-state index is 0.629. The van der Waals surface area contributed by atoms with Gasteiger partial charge < -0.3 is 10.2 Å². The second kappa shape index (κ2) is 6.66. The summed E-state index contributed by atoms with van der Waals surface area (Å²) in [5.74, 6) is 0. The fourth-order valence-corrected chi connectivity index (χ4v) is 3.15. The maximum Gasteiger partial charge on any atom is 0.0643 e. The lowest BCUT2D eigenvalue weighted by Crippen LogP contribution is -2.23. The summed E-state index contributed by atoms with van der Waals surface area (Å²) in [4.78, 5) is 2.26. The van der Waals surface area contributed by atoms with Gasteiger partial charge in [0.25, 0.3) is 0 Å². The minimum Gasteiger partial charge on any atom is -0.381 e. The van der Waals surface area contributed by atoms with Crippen LogP contribution in [0.25, 0.3) is 0 Å². The quantitative estimate of drug-likeness (QED) is 0.828. The van der Waals surface area contributed by atoms with Crippen LogP contribution in [0.2, 0.25) is 0 Å². The Kier molecular flexibility index (Phi) is 4.44. The van der Waals surface area contributed by atoms with E-state index in [0.29, 0.717) is 6.04 Å². The van der Waals surface area contributed by atoms with Gasteiger partial charge in [0.2, 0.25) is 0 Å². The molecule has 21 heavy (non-hydrogen) atoms. The van der Waals surface area contributed by atoms with Crippen molar-refractivity contribution in [2.24, 2.45) is 0 Å². The molecule has 0 amide bonds. The van der Waals surface area contributed by atoms with Crippen molar-refractivity contribution in [2.45, 2.75) is 38.1 Å². The van der Waals surface area contributed by atoms with Crippen molar-refractivity contribution in [3.63, 3.8) is 0 Å². The first kappa shape index (κ1) is 14.0. The van der Waals surface area contributed by atoms with E-state index in [2.05, 4.69) is 71.9 Å². The first-order valence-electron chi connectivity index (χ1n) is 7.99. The van der Waals surface area contributed by atoms with Gasteiger partial charge in [-0.25, -0.2) is 0 Å². The molecule has 0 heterocycles. The Morgan fingerprint density at radius 3 is 2.29 bits per heavy atom. The third-order valence-corrected chi connectivity index (χ3v) is 4.37. The first-order valence-corrected chi connectivity index (χ1v) is 7.99. The lowest BCUT2D eigenvalue weighted by Gasteiger charge is -2.28. The molecule has 0 unspecified atom stereocenters. The zero-order chi connectivity index (χ0) is 14.5. The number of nitrogens with one attached hydrogen (secondary N) is 1. The number of anilines is 3. The molecule has 0 atom stereocenters. The van der Waals surface area contributed by atoms with E-state index in [9.17, 15) is 0 Å². The van der Waals surface area contributed by atoms with Gasteiger partial charge in [-0.05, 0) is 37.1 Å². The molecule has 0 saturated heterocycles. The second-order valence-corrected chi connectivity index (χ2v) is 5.89. The predicted octanol–water partition coefficient (Wildman–Crippen LogP) is 5.20. The van der Waals surface area contributed by atoms with Crippen molar-refractivity contribution in [1.82, 2.24) is 0 Å². The van der Waals surface area contributed by atoms with E-state index in [1.54, 1.807) is 0 Å². The summed E-state index contributed by atoms with van der Waals surface area (Å²) in [5, 5.41) is 3.76. The van der Waals surface area contributed by atoms with Crippen molar-refractivity contribution in [3.05, 3.63) is 54.6 Å². The van der Waals surface area contributed by atoms with E-state index in [-0.39, 0.29) is 0 Å². The standard InChI is InChI=1S/C19H24N2/c1-21(17-12-6-3-7-13-17)19-15-9-8-14-18(19)20-16-10-4-2-5-11-16/h3,6-9,12-16,20H,2,4-5,10-11H2,1H3. The SMILES string of the molecule is CN(c1ccccc1)c1ccccc1NC1CCCCC1. The van der Waals surface area contributed by atoms with Gasteiger partial charge in [0.05, 0.1) is 11.4 Å². The monoisotopic (exact) mass is 280 g/mol. The number of hydrogen-bond donors (Lipinski definition) is 1. The Morgan fingerprint density at radius 2 is 1.52 bits per heavy atom. The number of rotatable bonds is 4. The molecule has 2 heteroatoms. The molecule has 2 aromatic rings. The summed E-state index contributed by atoms with van der Waals surface area (Å²) in [5.41, 5.74) is 3.71. The van der Waals surface area contributed by atoms with Gasteiger partial charge in [0, 0.05) is 18.8 Å². The molecule has 110 valence electrons. The van der Waals surface area contributed by atoms with E-state index < -0.39 is 0 Å². The molecule has 0 bridgehead atoms. The van der Waals surface area contributed by atoms with E-state index in [4.69, 9.17) is 0 Å². The zero-order valence-corrected chi connectivity index (χ0v) is 12.8. The van der Waals surface area contributed by atoms with Gasteiger partial charge >= 0.3 is 0 Å². The highest BCUT2D eigenvalue weighted by Gasteiger charge is 2.15. The summed E-state index contributed by atoms with van der Waals surface area (Å²) in [7, 11) is 2.14. The lowest BCUT2D eigenvalue weighted by atomic mass is 9.95. The van der Waals surface area contributed by atoms with Crippen LogP contribution in [0.3, 0.4) is 0 Å². The van der Waals surface area contributed by atoms with Gasteiger partial charge in [0.1, 0.15) is 0 Å². The molecule has 3 rings (SSSR count). The summed E-state index contributed by atoms with van der Waals surface area (Å²) < 4.78 is 0. The van der Waals surface area contributed by atoms with E-state index in [0.717, 1.165) is 0 Å². The van der Waals surface area contributed by atoms with Crippen LogP contribution in [-0.2, 0) is 0 Å². The zero-order valence-electron chi connectivity index (χ0n) is 12.8. The molecule has 2 nitrogen and oxygen atoms in total. The summed E-state index contributed by atoms with van der Waals surface area (Å²) in [6.45, 7) is 0. The highest BCUT2D eigenvalue weighted by atomic mass is 15.1.